The van der Waals surface area contributed by atoms with Crippen LogP contribution in [0.4, 0.5) is 5.69 Å². The fourth-order valence-corrected chi connectivity index (χ4v) is 3.04. The molecule has 1 unspecified atom stereocenters. The molecule has 0 saturated carbocycles. The lowest BCUT2D eigenvalue weighted by molar-refractivity contribution is 0.215. The van der Waals surface area contributed by atoms with E-state index in [0.717, 1.165) is 45.0 Å². The minimum atomic E-state index is 0.655. The summed E-state index contributed by atoms with van der Waals surface area (Å²) in [5.74, 6) is 1.57. The van der Waals surface area contributed by atoms with Gasteiger partial charge in [-0.2, -0.15) is 0 Å². The van der Waals surface area contributed by atoms with Crippen LogP contribution in [0.2, 0.25) is 0 Å². The third-order valence-electron chi connectivity index (χ3n) is 4.36. The van der Waals surface area contributed by atoms with Crippen molar-refractivity contribution in [2.24, 2.45) is 11.7 Å². The lowest BCUT2D eigenvalue weighted by Gasteiger charge is -2.37. The highest BCUT2D eigenvalue weighted by atomic mass is 16.5. The van der Waals surface area contributed by atoms with E-state index in [1.165, 1.54) is 18.5 Å². The Morgan fingerprint density at radius 1 is 1.14 bits per heavy atom. The monoisotopic (exact) mass is 291 g/mol. The van der Waals surface area contributed by atoms with Crippen molar-refractivity contribution >= 4 is 5.69 Å². The molecule has 0 spiro atoms. The summed E-state index contributed by atoms with van der Waals surface area (Å²) in [5.41, 5.74) is 7.16. The first-order valence-electron chi connectivity index (χ1n) is 8.08. The number of nitrogens with zero attached hydrogens (tertiary/aromatic N) is 2. The average Bonchev–Trinajstić information content (AvgIpc) is 2.55. The first-order valence-corrected chi connectivity index (χ1v) is 8.08. The SMILES string of the molecule is CCCC(CN)CN1CCN(c2ccc(OC)cc2)CC1. The third-order valence-corrected chi connectivity index (χ3v) is 4.36. The molecule has 1 heterocycles. The van der Waals surface area contributed by atoms with Gasteiger partial charge in [0, 0.05) is 38.4 Å². The van der Waals surface area contributed by atoms with Crippen molar-refractivity contribution in [3.8, 4) is 5.75 Å². The highest BCUT2D eigenvalue weighted by Crippen LogP contribution is 2.21. The highest BCUT2D eigenvalue weighted by Gasteiger charge is 2.19. The number of methoxy groups -OCH3 is 1. The molecule has 1 aromatic rings. The molecule has 0 aromatic heterocycles. The highest BCUT2D eigenvalue weighted by molar-refractivity contribution is 5.49. The molecule has 4 heteroatoms. The van der Waals surface area contributed by atoms with Crippen molar-refractivity contribution < 1.29 is 4.74 Å². The standard InChI is InChI=1S/C17H29N3O/c1-3-4-15(13-18)14-19-9-11-20(12-10-19)16-5-7-17(21-2)8-6-16/h5-8,15H,3-4,9-14,18H2,1-2H3. The van der Waals surface area contributed by atoms with Gasteiger partial charge in [-0.1, -0.05) is 13.3 Å². The summed E-state index contributed by atoms with van der Waals surface area (Å²) in [6.07, 6.45) is 2.48. The van der Waals surface area contributed by atoms with Crippen LogP contribution in [-0.2, 0) is 0 Å². The molecule has 4 nitrogen and oxygen atoms in total. The van der Waals surface area contributed by atoms with Crippen molar-refractivity contribution in [2.45, 2.75) is 19.8 Å². The molecule has 118 valence electrons. The van der Waals surface area contributed by atoms with Crippen molar-refractivity contribution in [1.82, 2.24) is 4.90 Å². The average molecular weight is 291 g/mol. The van der Waals surface area contributed by atoms with Crippen LogP contribution in [0.3, 0.4) is 0 Å². The summed E-state index contributed by atoms with van der Waals surface area (Å²) in [7, 11) is 1.71. The molecule has 2 rings (SSSR count). The number of benzene rings is 1. The van der Waals surface area contributed by atoms with Crippen molar-refractivity contribution in [3.63, 3.8) is 0 Å². The number of anilines is 1. The molecule has 21 heavy (non-hydrogen) atoms. The fraction of sp³-hybridized carbons (Fsp3) is 0.647. The first kappa shape index (κ1) is 16.1. The van der Waals surface area contributed by atoms with E-state index in [2.05, 4.69) is 28.9 Å². The number of piperazine rings is 1. The van der Waals surface area contributed by atoms with Gasteiger partial charge in [-0.05, 0) is 43.1 Å². The van der Waals surface area contributed by atoms with E-state index in [1.54, 1.807) is 7.11 Å². The normalized spacial score (nSPS) is 17.8. The van der Waals surface area contributed by atoms with E-state index in [0.29, 0.717) is 5.92 Å². The Morgan fingerprint density at radius 2 is 1.81 bits per heavy atom. The van der Waals surface area contributed by atoms with Crippen LogP contribution in [0.25, 0.3) is 0 Å². The number of nitrogens with two attached hydrogens (primary N) is 1. The summed E-state index contributed by atoms with van der Waals surface area (Å²) in [5, 5.41) is 0. The minimum absolute atomic E-state index is 0.655. The molecule has 1 aliphatic rings. The molecule has 1 fully saturated rings. The van der Waals surface area contributed by atoms with Gasteiger partial charge in [0.25, 0.3) is 0 Å². The summed E-state index contributed by atoms with van der Waals surface area (Å²) in [4.78, 5) is 5.01. The Balaban J connectivity index is 1.82. The van der Waals surface area contributed by atoms with Crippen LogP contribution in [0.1, 0.15) is 19.8 Å². The molecule has 1 aromatic carbocycles. The van der Waals surface area contributed by atoms with E-state index >= 15 is 0 Å². The van der Waals surface area contributed by atoms with Crippen molar-refractivity contribution in [3.05, 3.63) is 24.3 Å². The molecule has 1 aliphatic heterocycles. The second kappa shape index (κ2) is 8.25. The van der Waals surface area contributed by atoms with Gasteiger partial charge in [0.15, 0.2) is 0 Å². The van der Waals surface area contributed by atoms with Crippen LogP contribution in [-0.4, -0.2) is 51.3 Å². The summed E-state index contributed by atoms with van der Waals surface area (Å²) < 4.78 is 5.21. The Labute approximate surface area is 128 Å². The quantitative estimate of drug-likeness (QED) is 0.836. The smallest absolute Gasteiger partial charge is 0.119 e. The zero-order valence-electron chi connectivity index (χ0n) is 13.4. The third kappa shape index (κ3) is 4.61. The predicted molar refractivity (Wildman–Crippen MR) is 89.1 cm³/mol. The maximum atomic E-state index is 5.87. The van der Waals surface area contributed by atoms with Gasteiger partial charge in [-0.3, -0.25) is 4.90 Å². The van der Waals surface area contributed by atoms with Gasteiger partial charge in [-0.25, -0.2) is 0 Å². The largest absolute Gasteiger partial charge is 0.497 e. The summed E-state index contributed by atoms with van der Waals surface area (Å²) in [6.45, 7) is 8.65. The molecular formula is C17H29N3O. The second-order valence-corrected chi connectivity index (χ2v) is 5.88. The maximum absolute atomic E-state index is 5.87. The first-order chi connectivity index (χ1) is 10.3. The number of ether oxygens (including phenoxy) is 1. The van der Waals surface area contributed by atoms with E-state index in [4.69, 9.17) is 10.5 Å². The van der Waals surface area contributed by atoms with Gasteiger partial charge in [-0.15, -0.1) is 0 Å². The van der Waals surface area contributed by atoms with E-state index in [-0.39, 0.29) is 0 Å². The number of hydrogen-bond donors (Lipinski definition) is 1. The molecule has 0 bridgehead atoms. The molecule has 0 amide bonds. The molecule has 1 saturated heterocycles. The van der Waals surface area contributed by atoms with Gasteiger partial charge in [0.05, 0.1) is 7.11 Å². The number of hydrogen-bond acceptors (Lipinski definition) is 4. The van der Waals surface area contributed by atoms with Gasteiger partial charge < -0.3 is 15.4 Å². The lowest BCUT2D eigenvalue weighted by atomic mass is 10.0. The number of rotatable bonds is 7. The topological polar surface area (TPSA) is 41.7 Å². The fourth-order valence-electron chi connectivity index (χ4n) is 3.04. The summed E-state index contributed by atoms with van der Waals surface area (Å²) >= 11 is 0. The zero-order valence-corrected chi connectivity index (χ0v) is 13.4. The maximum Gasteiger partial charge on any atom is 0.119 e. The summed E-state index contributed by atoms with van der Waals surface area (Å²) in [6, 6.07) is 8.36. The zero-order chi connectivity index (χ0) is 15.1. The molecule has 1 atom stereocenters. The Bertz CT molecular complexity index is 399. The van der Waals surface area contributed by atoms with E-state index in [1.807, 2.05) is 12.1 Å². The van der Waals surface area contributed by atoms with Crippen LogP contribution < -0.4 is 15.4 Å². The van der Waals surface area contributed by atoms with Gasteiger partial charge >= 0.3 is 0 Å². The van der Waals surface area contributed by atoms with Crippen molar-refractivity contribution in [1.29, 1.82) is 0 Å². The van der Waals surface area contributed by atoms with Crippen LogP contribution in [0.15, 0.2) is 24.3 Å². The lowest BCUT2D eigenvalue weighted by Crippen LogP contribution is -2.48. The van der Waals surface area contributed by atoms with E-state index < -0.39 is 0 Å². The second-order valence-electron chi connectivity index (χ2n) is 5.88. The Morgan fingerprint density at radius 3 is 2.33 bits per heavy atom. The van der Waals surface area contributed by atoms with Gasteiger partial charge in [0.1, 0.15) is 5.75 Å². The Kier molecular flexibility index (Phi) is 6.33. The molecule has 2 N–H and O–H groups in total. The Hall–Kier alpha value is -1.26. The molecule has 0 aliphatic carbocycles. The van der Waals surface area contributed by atoms with Crippen LogP contribution in [0, 0.1) is 5.92 Å². The van der Waals surface area contributed by atoms with E-state index in [9.17, 15) is 0 Å². The molecule has 0 radical (unpaired) electrons. The predicted octanol–water partition coefficient (Wildman–Crippen LogP) is 2.19. The van der Waals surface area contributed by atoms with Crippen LogP contribution >= 0.6 is 0 Å². The van der Waals surface area contributed by atoms with Crippen LogP contribution in [0.5, 0.6) is 5.75 Å². The minimum Gasteiger partial charge on any atom is -0.497 e. The van der Waals surface area contributed by atoms with Gasteiger partial charge in [0.2, 0.25) is 0 Å². The molecular weight excluding hydrogens is 262 g/mol. The van der Waals surface area contributed by atoms with Crippen molar-refractivity contribution in [2.75, 3.05) is 51.3 Å².